The number of hydrogen-bond acceptors (Lipinski definition) is 4. The van der Waals surface area contributed by atoms with E-state index in [-0.39, 0.29) is 10.6 Å². The number of hydrogen-bond donors (Lipinski definition) is 1. The van der Waals surface area contributed by atoms with Crippen molar-refractivity contribution >= 4 is 17.0 Å². The Labute approximate surface area is 109 Å². The number of thiophene rings is 1. The minimum absolute atomic E-state index is 0.186. The van der Waals surface area contributed by atoms with Crippen LogP contribution in [0.3, 0.4) is 0 Å². The molecule has 0 radical (unpaired) electrons. The fourth-order valence-electron chi connectivity index (χ4n) is 1.79. The van der Waals surface area contributed by atoms with E-state index in [2.05, 4.69) is 11.4 Å². The topological polar surface area (TPSA) is 55.2 Å². The highest BCUT2D eigenvalue weighted by atomic mass is 32.1. The van der Waals surface area contributed by atoms with Gasteiger partial charge in [0.25, 0.3) is 5.69 Å². The Morgan fingerprint density at radius 3 is 2.78 bits per heavy atom. The monoisotopic (exact) mass is 262 g/mol. The minimum atomic E-state index is -0.335. The van der Waals surface area contributed by atoms with Crippen LogP contribution in [0.1, 0.15) is 16.0 Å². The van der Waals surface area contributed by atoms with Crippen molar-refractivity contribution in [2.24, 2.45) is 0 Å². The number of nitrogens with one attached hydrogen (secondary N) is 1. The third-order valence-corrected chi connectivity index (χ3v) is 3.69. The summed E-state index contributed by atoms with van der Waals surface area (Å²) in [4.78, 5) is 11.7. The Hall–Kier alpha value is -1.72. The highest BCUT2D eigenvalue weighted by Gasteiger charge is 2.12. The zero-order valence-corrected chi connectivity index (χ0v) is 10.9. The third kappa shape index (κ3) is 2.94. The SMILES string of the molecule is Cc1c(CNCc2cccs2)cccc1[N+](=O)[O-]. The number of rotatable bonds is 5. The van der Waals surface area contributed by atoms with Gasteiger partial charge in [-0.05, 0) is 23.9 Å². The molecule has 1 aromatic heterocycles. The highest BCUT2D eigenvalue weighted by molar-refractivity contribution is 7.09. The minimum Gasteiger partial charge on any atom is -0.308 e. The third-order valence-electron chi connectivity index (χ3n) is 2.81. The van der Waals surface area contributed by atoms with Gasteiger partial charge < -0.3 is 5.32 Å². The normalized spacial score (nSPS) is 10.5. The average Bonchev–Trinajstić information content (AvgIpc) is 2.84. The largest absolute Gasteiger partial charge is 0.308 e. The van der Waals surface area contributed by atoms with Crippen LogP contribution in [0.15, 0.2) is 35.7 Å². The molecule has 0 atom stereocenters. The van der Waals surface area contributed by atoms with Crippen LogP contribution in [0.4, 0.5) is 5.69 Å². The van der Waals surface area contributed by atoms with E-state index in [9.17, 15) is 10.1 Å². The zero-order valence-electron chi connectivity index (χ0n) is 10.1. The van der Waals surface area contributed by atoms with Crippen molar-refractivity contribution < 1.29 is 4.92 Å². The first kappa shape index (κ1) is 12.7. The molecule has 0 spiro atoms. The number of nitrogens with zero attached hydrogens (tertiary/aromatic N) is 1. The maximum absolute atomic E-state index is 10.8. The van der Waals surface area contributed by atoms with E-state index in [4.69, 9.17) is 0 Å². The molecule has 0 bridgehead atoms. The summed E-state index contributed by atoms with van der Waals surface area (Å²) < 4.78 is 0. The maximum atomic E-state index is 10.8. The molecule has 0 saturated heterocycles. The number of nitro groups is 1. The predicted octanol–water partition coefficient (Wildman–Crippen LogP) is 3.25. The van der Waals surface area contributed by atoms with Crippen LogP contribution in [0.2, 0.25) is 0 Å². The summed E-state index contributed by atoms with van der Waals surface area (Å²) in [6, 6.07) is 9.27. The molecule has 4 nitrogen and oxygen atoms in total. The van der Waals surface area contributed by atoms with E-state index in [0.717, 1.165) is 17.7 Å². The second kappa shape index (κ2) is 5.75. The molecule has 0 unspecified atom stereocenters. The summed E-state index contributed by atoms with van der Waals surface area (Å²) in [7, 11) is 0. The molecule has 1 N–H and O–H groups in total. The second-order valence-electron chi connectivity index (χ2n) is 4.00. The summed E-state index contributed by atoms with van der Waals surface area (Å²) in [5.74, 6) is 0. The van der Waals surface area contributed by atoms with Crippen molar-refractivity contribution in [1.29, 1.82) is 0 Å². The number of benzene rings is 1. The first-order valence-corrected chi connectivity index (χ1v) is 6.52. The quantitative estimate of drug-likeness (QED) is 0.664. The molecule has 0 saturated carbocycles. The Balaban J connectivity index is 2.01. The van der Waals surface area contributed by atoms with Gasteiger partial charge in [-0.25, -0.2) is 0 Å². The van der Waals surface area contributed by atoms with Gasteiger partial charge in [0.1, 0.15) is 0 Å². The molecular weight excluding hydrogens is 248 g/mol. The van der Waals surface area contributed by atoms with Crippen LogP contribution in [-0.4, -0.2) is 4.92 Å². The van der Waals surface area contributed by atoms with E-state index < -0.39 is 0 Å². The Bertz CT molecular complexity index is 538. The van der Waals surface area contributed by atoms with Crippen LogP contribution < -0.4 is 5.32 Å². The van der Waals surface area contributed by atoms with Crippen molar-refractivity contribution in [1.82, 2.24) is 5.32 Å². The van der Waals surface area contributed by atoms with Crippen LogP contribution in [0, 0.1) is 17.0 Å². The van der Waals surface area contributed by atoms with Gasteiger partial charge in [-0.3, -0.25) is 10.1 Å². The smallest absolute Gasteiger partial charge is 0.272 e. The molecule has 5 heteroatoms. The molecule has 2 rings (SSSR count). The summed E-state index contributed by atoms with van der Waals surface area (Å²) >= 11 is 1.70. The summed E-state index contributed by atoms with van der Waals surface area (Å²) in [5, 5.41) is 16.2. The lowest BCUT2D eigenvalue weighted by Crippen LogP contribution is -2.13. The molecule has 0 aliphatic rings. The average molecular weight is 262 g/mol. The zero-order chi connectivity index (χ0) is 13.0. The summed E-state index contributed by atoms with van der Waals surface area (Å²) in [6.45, 7) is 3.23. The van der Waals surface area contributed by atoms with Gasteiger partial charge in [0.15, 0.2) is 0 Å². The molecular formula is C13H14N2O2S. The predicted molar refractivity (Wildman–Crippen MR) is 72.7 cm³/mol. The van der Waals surface area contributed by atoms with E-state index in [1.54, 1.807) is 24.3 Å². The Kier molecular flexibility index (Phi) is 4.07. The Morgan fingerprint density at radius 2 is 2.11 bits per heavy atom. The van der Waals surface area contributed by atoms with E-state index >= 15 is 0 Å². The van der Waals surface area contributed by atoms with Crippen LogP contribution in [-0.2, 0) is 13.1 Å². The van der Waals surface area contributed by atoms with E-state index in [0.29, 0.717) is 6.54 Å². The van der Waals surface area contributed by atoms with Gasteiger partial charge in [-0.15, -0.1) is 11.3 Å². The summed E-state index contributed by atoms with van der Waals surface area (Å²) in [5.41, 5.74) is 1.90. The fraction of sp³-hybridized carbons (Fsp3) is 0.231. The molecule has 0 amide bonds. The van der Waals surface area contributed by atoms with Crippen molar-refractivity contribution in [3.63, 3.8) is 0 Å². The Morgan fingerprint density at radius 1 is 1.28 bits per heavy atom. The first-order valence-electron chi connectivity index (χ1n) is 5.64. The first-order chi connectivity index (χ1) is 8.68. The van der Waals surface area contributed by atoms with Gasteiger partial charge in [0.2, 0.25) is 0 Å². The van der Waals surface area contributed by atoms with Gasteiger partial charge in [-0.2, -0.15) is 0 Å². The maximum Gasteiger partial charge on any atom is 0.272 e. The van der Waals surface area contributed by atoms with Crippen LogP contribution in [0.25, 0.3) is 0 Å². The van der Waals surface area contributed by atoms with Gasteiger partial charge in [0, 0.05) is 29.6 Å². The van der Waals surface area contributed by atoms with Crippen molar-refractivity contribution in [3.05, 3.63) is 61.8 Å². The highest BCUT2D eigenvalue weighted by Crippen LogP contribution is 2.21. The summed E-state index contributed by atoms with van der Waals surface area (Å²) in [6.07, 6.45) is 0. The standard InChI is InChI=1S/C13H14N2O2S/c1-10-11(4-2-6-13(10)15(16)17)8-14-9-12-5-3-7-18-12/h2-7,14H,8-9H2,1H3. The van der Waals surface area contributed by atoms with Gasteiger partial charge in [0.05, 0.1) is 4.92 Å². The van der Waals surface area contributed by atoms with E-state index in [1.165, 1.54) is 10.9 Å². The second-order valence-corrected chi connectivity index (χ2v) is 5.03. The van der Waals surface area contributed by atoms with Crippen molar-refractivity contribution in [2.45, 2.75) is 20.0 Å². The number of nitro benzene ring substituents is 1. The fourth-order valence-corrected chi connectivity index (χ4v) is 2.47. The van der Waals surface area contributed by atoms with Crippen molar-refractivity contribution in [2.75, 3.05) is 0 Å². The molecule has 1 heterocycles. The molecule has 94 valence electrons. The lowest BCUT2D eigenvalue weighted by Gasteiger charge is -2.07. The van der Waals surface area contributed by atoms with Gasteiger partial charge >= 0.3 is 0 Å². The molecule has 18 heavy (non-hydrogen) atoms. The molecule has 0 aliphatic heterocycles. The van der Waals surface area contributed by atoms with Crippen LogP contribution in [0.5, 0.6) is 0 Å². The van der Waals surface area contributed by atoms with Crippen molar-refractivity contribution in [3.8, 4) is 0 Å². The molecule has 0 aliphatic carbocycles. The van der Waals surface area contributed by atoms with Crippen LogP contribution >= 0.6 is 11.3 Å². The van der Waals surface area contributed by atoms with Gasteiger partial charge in [-0.1, -0.05) is 18.2 Å². The lowest BCUT2D eigenvalue weighted by molar-refractivity contribution is -0.385. The molecule has 0 fully saturated rings. The van der Waals surface area contributed by atoms with E-state index in [1.807, 2.05) is 17.5 Å². The lowest BCUT2D eigenvalue weighted by atomic mass is 10.1. The molecule has 1 aromatic carbocycles. The molecule has 2 aromatic rings.